The molecule has 5 heteroatoms. The molecule has 0 fully saturated rings. The van der Waals surface area contributed by atoms with Crippen molar-refractivity contribution in [2.45, 2.75) is 31.2 Å². The minimum Gasteiger partial charge on any atom is -0.350 e. The second-order valence-corrected chi connectivity index (χ2v) is 6.70. The van der Waals surface area contributed by atoms with Crippen molar-refractivity contribution in [3.8, 4) is 0 Å². The van der Waals surface area contributed by atoms with Gasteiger partial charge in [-0.1, -0.05) is 18.2 Å². The van der Waals surface area contributed by atoms with E-state index in [1.165, 1.54) is 16.7 Å². The van der Waals surface area contributed by atoms with Crippen molar-refractivity contribution in [2.24, 2.45) is 0 Å². The van der Waals surface area contributed by atoms with Gasteiger partial charge in [0.05, 0.1) is 12.3 Å². The van der Waals surface area contributed by atoms with Crippen molar-refractivity contribution in [1.29, 1.82) is 0 Å². The number of benzene rings is 1. The van der Waals surface area contributed by atoms with Gasteiger partial charge in [-0.25, -0.2) is 0 Å². The van der Waals surface area contributed by atoms with E-state index in [1.54, 1.807) is 7.05 Å². The van der Waals surface area contributed by atoms with Crippen molar-refractivity contribution in [1.82, 2.24) is 10.2 Å². The highest BCUT2D eigenvalue weighted by molar-refractivity contribution is 8.00. The number of hydrogen-bond donors (Lipinski definition) is 1. The Hall–Kier alpha value is -1.49. The van der Waals surface area contributed by atoms with Crippen LogP contribution in [0.1, 0.15) is 20.8 Å². The zero-order valence-electron chi connectivity index (χ0n) is 12.5. The standard InChI is InChI=1S/C15H22N2O2S/c1-15(2,3)16-13(18)10-17(4)14(19)11-20-12-8-6-5-7-9-12/h5-9H,10-11H2,1-4H3,(H,16,18). The quantitative estimate of drug-likeness (QED) is 0.847. The Morgan fingerprint density at radius 3 is 2.35 bits per heavy atom. The lowest BCUT2D eigenvalue weighted by atomic mass is 10.1. The topological polar surface area (TPSA) is 49.4 Å². The van der Waals surface area contributed by atoms with Crippen LogP contribution in [0.2, 0.25) is 0 Å². The van der Waals surface area contributed by atoms with Gasteiger partial charge in [-0.05, 0) is 32.9 Å². The van der Waals surface area contributed by atoms with Crippen LogP contribution in [-0.2, 0) is 9.59 Å². The molecule has 0 radical (unpaired) electrons. The lowest BCUT2D eigenvalue weighted by Crippen LogP contribution is -2.46. The number of likely N-dealkylation sites (N-methyl/N-ethyl adjacent to an activating group) is 1. The summed E-state index contributed by atoms with van der Waals surface area (Å²) in [5.41, 5.74) is -0.278. The summed E-state index contributed by atoms with van der Waals surface area (Å²) in [6, 6.07) is 9.74. The SMILES string of the molecule is CN(CC(=O)NC(C)(C)C)C(=O)CSc1ccccc1. The van der Waals surface area contributed by atoms with Gasteiger partial charge in [-0.15, -0.1) is 11.8 Å². The molecular weight excluding hydrogens is 272 g/mol. The van der Waals surface area contributed by atoms with Crippen molar-refractivity contribution in [3.05, 3.63) is 30.3 Å². The predicted molar refractivity (Wildman–Crippen MR) is 82.7 cm³/mol. The van der Waals surface area contributed by atoms with Gasteiger partial charge in [-0.3, -0.25) is 9.59 Å². The summed E-state index contributed by atoms with van der Waals surface area (Å²) >= 11 is 1.47. The first kappa shape index (κ1) is 16.6. The monoisotopic (exact) mass is 294 g/mol. The minimum atomic E-state index is -0.278. The molecule has 0 aliphatic heterocycles. The molecule has 0 saturated heterocycles. The second kappa shape index (κ2) is 7.33. The van der Waals surface area contributed by atoms with Crippen LogP contribution in [-0.4, -0.2) is 41.6 Å². The summed E-state index contributed by atoms with van der Waals surface area (Å²) in [7, 11) is 1.65. The highest BCUT2D eigenvalue weighted by Gasteiger charge is 2.17. The van der Waals surface area contributed by atoms with E-state index in [9.17, 15) is 9.59 Å². The average molecular weight is 294 g/mol. The second-order valence-electron chi connectivity index (χ2n) is 5.65. The van der Waals surface area contributed by atoms with Crippen LogP contribution in [0.15, 0.2) is 35.2 Å². The van der Waals surface area contributed by atoms with Crippen LogP contribution in [0.3, 0.4) is 0 Å². The van der Waals surface area contributed by atoms with Gasteiger partial charge in [0.1, 0.15) is 0 Å². The molecule has 0 aliphatic carbocycles. The van der Waals surface area contributed by atoms with E-state index < -0.39 is 0 Å². The Morgan fingerprint density at radius 2 is 1.80 bits per heavy atom. The number of amides is 2. The largest absolute Gasteiger partial charge is 0.350 e. The van der Waals surface area contributed by atoms with Gasteiger partial charge in [0.25, 0.3) is 0 Å². The number of nitrogens with zero attached hydrogens (tertiary/aromatic N) is 1. The normalized spacial score (nSPS) is 11.0. The maximum absolute atomic E-state index is 11.9. The van der Waals surface area contributed by atoms with E-state index in [2.05, 4.69) is 5.32 Å². The lowest BCUT2D eigenvalue weighted by Gasteiger charge is -2.23. The molecule has 0 saturated carbocycles. The predicted octanol–water partition coefficient (Wildman–Crippen LogP) is 2.15. The molecule has 1 aromatic rings. The molecule has 1 N–H and O–H groups in total. The Bertz CT molecular complexity index is 455. The van der Waals surface area contributed by atoms with E-state index >= 15 is 0 Å². The molecule has 0 atom stereocenters. The number of carbonyl (C=O) groups excluding carboxylic acids is 2. The average Bonchev–Trinajstić information content (AvgIpc) is 2.34. The third kappa shape index (κ3) is 6.61. The molecular formula is C15H22N2O2S. The molecule has 0 unspecified atom stereocenters. The lowest BCUT2D eigenvalue weighted by molar-refractivity contribution is -0.133. The molecule has 0 heterocycles. The van der Waals surface area contributed by atoms with Crippen molar-refractivity contribution in [2.75, 3.05) is 19.3 Å². The summed E-state index contributed by atoms with van der Waals surface area (Å²) in [4.78, 5) is 26.2. The highest BCUT2D eigenvalue weighted by Crippen LogP contribution is 2.17. The van der Waals surface area contributed by atoms with E-state index in [-0.39, 0.29) is 23.9 Å². The summed E-state index contributed by atoms with van der Waals surface area (Å²) in [6.45, 7) is 5.83. The molecule has 20 heavy (non-hydrogen) atoms. The molecule has 2 amide bonds. The fraction of sp³-hybridized carbons (Fsp3) is 0.467. The Balaban J connectivity index is 2.38. The molecule has 0 spiro atoms. The van der Waals surface area contributed by atoms with Crippen molar-refractivity contribution in [3.63, 3.8) is 0 Å². The number of hydrogen-bond acceptors (Lipinski definition) is 3. The maximum atomic E-state index is 11.9. The smallest absolute Gasteiger partial charge is 0.240 e. The van der Waals surface area contributed by atoms with Crippen molar-refractivity contribution >= 4 is 23.6 Å². The molecule has 0 aromatic heterocycles. The van der Waals surface area contributed by atoms with Gasteiger partial charge >= 0.3 is 0 Å². The molecule has 4 nitrogen and oxygen atoms in total. The number of carbonyl (C=O) groups is 2. The van der Waals surface area contributed by atoms with Gasteiger partial charge < -0.3 is 10.2 Å². The van der Waals surface area contributed by atoms with E-state index in [1.807, 2.05) is 51.1 Å². The number of nitrogens with one attached hydrogen (secondary N) is 1. The highest BCUT2D eigenvalue weighted by atomic mass is 32.2. The third-order valence-corrected chi connectivity index (χ3v) is 3.42. The zero-order valence-corrected chi connectivity index (χ0v) is 13.3. The van der Waals surface area contributed by atoms with Crippen LogP contribution in [0, 0.1) is 0 Å². The van der Waals surface area contributed by atoms with Crippen molar-refractivity contribution < 1.29 is 9.59 Å². The van der Waals surface area contributed by atoms with E-state index in [4.69, 9.17) is 0 Å². The van der Waals surface area contributed by atoms with Crippen LogP contribution in [0.25, 0.3) is 0 Å². The minimum absolute atomic E-state index is 0.0529. The molecule has 0 bridgehead atoms. The van der Waals surface area contributed by atoms with Crippen LogP contribution < -0.4 is 5.32 Å². The van der Waals surface area contributed by atoms with Gasteiger partial charge in [0.2, 0.25) is 11.8 Å². The molecule has 1 rings (SSSR count). The number of rotatable bonds is 5. The third-order valence-electron chi connectivity index (χ3n) is 2.43. The summed E-state index contributed by atoms with van der Waals surface area (Å²) in [6.07, 6.45) is 0. The fourth-order valence-corrected chi connectivity index (χ4v) is 2.39. The Morgan fingerprint density at radius 1 is 1.20 bits per heavy atom. The van der Waals surface area contributed by atoms with Crippen LogP contribution >= 0.6 is 11.8 Å². The Kier molecular flexibility index (Phi) is 6.07. The van der Waals surface area contributed by atoms with E-state index in [0.29, 0.717) is 5.75 Å². The van der Waals surface area contributed by atoms with Crippen LogP contribution in [0.5, 0.6) is 0 Å². The first-order valence-electron chi connectivity index (χ1n) is 6.51. The fourth-order valence-electron chi connectivity index (χ4n) is 1.53. The first-order chi connectivity index (χ1) is 9.28. The molecule has 1 aromatic carbocycles. The van der Waals surface area contributed by atoms with Gasteiger partial charge in [-0.2, -0.15) is 0 Å². The Labute approximate surface area is 124 Å². The van der Waals surface area contributed by atoms with Gasteiger partial charge in [0.15, 0.2) is 0 Å². The zero-order chi connectivity index (χ0) is 15.2. The molecule has 0 aliphatic rings. The van der Waals surface area contributed by atoms with Crippen LogP contribution in [0.4, 0.5) is 0 Å². The summed E-state index contributed by atoms with van der Waals surface area (Å²) < 4.78 is 0. The molecule has 110 valence electrons. The van der Waals surface area contributed by atoms with E-state index in [0.717, 1.165) is 4.90 Å². The summed E-state index contributed by atoms with van der Waals surface area (Å²) in [5.74, 6) is 0.143. The maximum Gasteiger partial charge on any atom is 0.240 e. The first-order valence-corrected chi connectivity index (χ1v) is 7.49. The number of thioether (sulfide) groups is 1. The summed E-state index contributed by atoms with van der Waals surface area (Å²) in [5, 5.41) is 2.84. The van der Waals surface area contributed by atoms with Gasteiger partial charge in [0, 0.05) is 17.5 Å².